The number of halogens is 1. The quantitative estimate of drug-likeness (QED) is 0.813. The number of rotatable bonds is 5. The zero-order chi connectivity index (χ0) is 15.9. The molecule has 0 aromatic heterocycles. The highest BCUT2D eigenvalue weighted by atomic mass is 79.9. The second-order valence-corrected chi connectivity index (χ2v) is 5.50. The summed E-state index contributed by atoms with van der Waals surface area (Å²) in [5.74, 6) is -0.526. The zero-order valence-electron chi connectivity index (χ0n) is 12.1. The predicted octanol–water partition coefficient (Wildman–Crippen LogP) is 4.15. The van der Waals surface area contributed by atoms with Gasteiger partial charge in [0.1, 0.15) is 6.61 Å². The van der Waals surface area contributed by atoms with Gasteiger partial charge >= 0.3 is 5.97 Å². The average Bonchev–Trinajstić information content (AvgIpc) is 2.54. The van der Waals surface area contributed by atoms with Gasteiger partial charge in [0, 0.05) is 22.1 Å². The van der Waals surface area contributed by atoms with Crippen molar-refractivity contribution in [1.29, 1.82) is 0 Å². The fourth-order valence-corrected chi connectivity index (χ4v) is 2.21. The maximum absolute atomic E-state index is 12.1. The van der Waals surface area contributed by atoms with Crippen molar-refractivity contribution in [1.82, 2.24) is 0 Å². The van der Waals surface area contributed by atoms with Crippen molar-refractivity contribution in [2.45, 2.75) is 20.0 Å². The molecule has 1 N–H and O–H groups in total. The second-order valence-electron chi connectivity index (χ2n) is 4.65. The largest absolute Gasteiger partial charge is 0.457 e. The number of ether oxygens (including phenoxy) is 1. The van der Waals surface area contributed by atoms with E-state index < -0.39 is 5.97 Å². The molecule has 5 heteroatoms. The summed E-state index contributed by atoms with van der Waals surface area (Å²) < 4.78 is 6.19. The van der Waals surface area contributed by atoms with Crippen molar-refractivity contribution in [3.05, 3.63) is 64.1 Å². The Morgan fingerprint density at radius 1 is 1.14 bits per heavy atom. The lowest BCUT2D eigenvalue weighted by Crippen LogP contribution is -2.11. The molecule has 1 amide bonds. The van der Waals surface area contributed by atoms with Crippen LogP contribution in [-0.4, -0.2) is 11.9 Å². The maximum Gasteiger partial charge on any atom is 0.338 e. The zero-order valence-corrected chi connectivity index (χ0v) is 13.7. The number of hydrogen-bond donors (Lipinski definition) is 1. The Morgan fingerprint density at radius 3 is 2.64 bits per heavy atom. The van der Waals surface area contributed by atoms with Gasteiger partial charge < -0.3 is 10.1 Å². The van der Waals surface area contributed by atoms with E-state index in [1.54, 1.807) is 31.2 Å². The number of benzene rings is 2. The van der Waals surface area contributed by atoms with Crippen LogP contribution in [0.25, 0.3) is 0 Å². The van der Waals surface area contributed by atoms with Crippen LogP contribution in [0.1, 0.15) is 29.3 Å². The first-order valence-electron chi connectivity index (χ1n) is 6.90. The lowest BCUT2D eigenvalue weighted by Gasteiger charge is -2.08. The Hall–Kier alpha value is -2.14. The maximum atomic E-state index is 12.1. The summed E-state index contributed by atoms with van der Waals surface area (Å²) in [5, 5.41) is 2.72. The molecule has 114 valence electrons. The number of carbonyl (C=O) groups excluding carboxylic acids is 2. The summed E-state index contributed by atoms with van der Waals surface area (Å²) in [6.45, 7) is 1.96. The van der Waals surface area contributed by atoms with Crippen molar-refractivity contribution in [2.75, 3.05) is 5.32 Å². The van der Waals surface area contributed by atoms with Crippen molar-refractivity contribution < 1.29 is 14.3 Å². The summed E-state index contributed by atoms with van der Waals surface area (Å²) in [4.78, 5) is 23.5. The second kappa shape index (κ2) is 7.75. The fourth-order valence-electron chi connectivity index (χ4n) is 1.82. The minimum absolute atomic E-state index is 0.0984. The van der Waals surface area contributed by atoms with Gasteiger partial charge in [0.05, 0.1) is 5.56 Å². The van der Waals surface area contributed by atoms with E-state index in [4.69, 9.17) is 4.74 Å². The number of hydrogen-bond acceptors (Lipinski definition) is 3. The predicted molar refractivity (Wildman–Crippen MR) is 88.6 cm³/mol. The van der Waals surface area contributed by atoms with Gasteiger partial charge in [-0.05, 0) is 24.3 Å². The van der Waals surface area contributed by atoms with Gasteiger partial charge in [-0.1, -0.05) is 47.1 Å². The molecule has 0 bridgehead atoms. The molecular weight excluding hydrogens is 346 g/mol. The molecule has 2 aromatic rings. The molecule has 0 aliphatic carbocycles. The van der Waals surface area contributed by atoms with E-state index in [0.717, 1.165) is 10.0 Å². The van der Waals surface area contributed by atoms with E-state index in [2.05, 4.69) is 21.2 Å². The van der Waals surface area contributed by atoms with Crippen LogP contribution >= 0.6 is 15.9 Å². The number of esters is 1. The number of nitrogens with one attached hydrogen (secondary N) is 1. The SMILES string of the molecule is CCC(=O)Nc1cccc(C(=O)OCc2ccccc2Br)c1. The third-order valence-electron chi connectivity index (χ3n) is 3.02. The first kappa shape index (κ1) is 16.2. The van der Waals surface area contributed by atoms with Gasteiger partial charge in [-0.15, -0.1) is 0 Å². The summed E-state index contributed by atoms with van der Waals surface area (Å²) >= 11 is 3.41. The standard InChI is InChI=1S/C17H16BrNO3/c1-2-16(20)19-14-8-5-7-12(10-14)17(21)22-11-13-6-3-4-9-15(13)18/h3-10H,2,11H2,1H3,(H,19,20). The number of carbonyl (C=O) groups is 2. The highest BCUT2D eigenvalue weighted by molar-refractivity contribution is 9.10. The normalized spacial score (nSPS) is 10.1. The van der Waals surface area contributed by atoms with Gasteiger partial charge in [-0.25, -0.2) is 4.79 Å². The molecule has 2 aromatic carbocycles. The Balaban J connectivity index is 2.02. The third-order valence-corrected chi connectivity index (χ3v) is 3.79. The van der Waals surface area contributed by atoms with Crippen LogP contribution in [0.15, 0.2) is 53.0 Å². The number of amides is 1. The fraction of sp³-hybridized carbons (Fsp3) is 0.176. The van der Waals surface area contributed by atoms with Gasteiger partial charge in [0.15, 0.2) is 0 Å². The highest BCUT2D eigenvalue weighted by Crippen LogP contribution is 2.18. The molecular formula is C17H16BrNO3. The third kappa shape index (κ3) is 4.43. The summed E-state index contributed by atoms with van der Waals surface area (Å²) in [6, 6.07) is 14.3. The molecule has 0 radical (unpaired) electrons. The van der Waals surface area contributed by atoms with E-state index in [1.165, 1.54) is 0 Å². The van der Waals surface area contributed by atoms with Gasteiger partial charge in [0.25, 0.3) is 0 Å². The number of anilines is 1. The summed E-state index contributed by atoms with van der Waals surface area (Å²) in [7, 11) is 0. The molecule has 0 fully saturated rings. The molecule has 0 saturated heterocycles. The highest BCUT2D eigenvalue weighted by Gasteiger charge is 2.10. The lowest BCUT2D eigenvalue weighted by molar-refractivity contribution is -0.115. The molecule has 0 atom stereocenters. The van der Waals surface area contributed by atoms with Crippen LogP contribution in [0.3, 0.4) is 0 Å². The van der Waals surface area contributed by atoms with Gasteiger partial charge in [-0.3, -0.25) is 4.79 Å². The molecule has 0 aliphatic rings. The van der Waals surface area contributed by atoms with Crippen molar-refractivity contribution >= 4 is 33.5 Å². The minimum Gasteiger partial charge on any atom is -0.457 e. The Labute approximate surface area is 137 Å². The lowest BCUT2D eigenvalue weighted by atomic mass is 10.2. The summed E-state index contributed by atoms with van der Waals surface area (Å²) in [6.07, 6.45) is 0.386. The monoisotopic (exact) mass is 361 g/mol. The van der Waals surface area contributed by atoms with E-state index in [-0.39, 0.29) is 12.5 Å². The summed E-state index contributed by atoms with van der Waals surface area (Å²) in [5.41, 5.74) is 1.88. The van der Waals surface area contributed by atoms with E-state index in [9.17, 15) is 9.59 Å². The smallest absolute Gasteiger partial charge is 0.338 e. The van der Waals surface area contributed by atoms with E-state index >= 15 is 0 Å². The molecule has 2 rings (SSSR count). The van der Waals surface area contributed by atoms with E-state index in [0.29, 0.717) is 17.7 Å². The molecule has 0 aliphatic heterocycles. The van der Waals surface area contributed by atoms with Crippen LogP contribution in [0.4, 0.5) is 5.69 Å². The van der Waals surface area contributed by atoms with Gasteiger partial charge in [0.2, 0.25) is 5.91 Å². The minimum atomic E-state index is -0.427. The van der Waals surface area contributed by atoms with Crippen LogP contribution in [0.5, 0.6) is 0 Å². The topological polar surface area (TPSA) is 55.4 Å². The Morgan fingerprint density at radius 2 is 1.91 bits per heavy atom. The first-order valence-corrected chi connectivity index (χ1v) is 7.70. The molecule has 0 spiro atoms. The Kier molecular flexibility index (Phi) is 5.72. The first-order chi connectivity index (χ1) is 10.6. The van der Waals surface area contributed by atoms with Crippen LogP contribution < -0.4 is 5.32 Å². The average molecular weight is 362 g/mol. The van der Waals surface area contributed by atoms with Crippen LogP contribution in [0.2, 0.25) is 0 Å². The van der Waals surface area contributed by atoms with Crippen LogP contribution in [0, 0.1) is 0 Å². The molecule has 4 nitrogen and oxygen atoms in total. The van der Waals surface area contributed by atoms with E-state index in [1.807, 2.05) is 24.3 Å². The van der Waals surface area contributed by atoms with Gasteiger partial charge in [-0.2, -0.15) is 0 Å². The molecule has 0 unspecified atom stereocenters. The Bertz CT molecular complexity index is 685. The van der Waals surface area contributed by atoms with Crippen molar-refractivity contribution in [3.63, 3.8) is 0 Å². The van der Waals surface area contributed by atoms with Crippen molar-refractivity contribution in [2.24, 2.45) is 0 Å². The molecule has 0 heterocycles. The van der Waals surface area contributed by atoms with Crippen LogP contribution in [-0.2, 0) is 16.1 Å². The van der Waals surface area contributed by atoms with Crippen molar-refractivity contribution in [3.8, 4) is 0 Å². The molecule has 0 saturated carbocycles. The molecule has 22 heavy (non-hydrogen) atoms.